The highest BCUT2D eigenvalue weighted by Crippen LogP contribution is 2.13. The lowest BCUT2D eigenvalue weighted by atomic mass is 10.1. The van der Waals surface area contributed by atoms with E-state index in [9.17, 15) is 9.59 Å². The molecule has 2 heterocycles. The SMILES string of the molecule is C/C(=C\c1ccccc1)CN1CCN(CCN2C(=O)CCC2=O)CC1. The number of carbonyl (C=O) groups is 2. The van der Waals surface area contributed by atoms with E-state index >= 15 is 0 Å². The zero-order valence-corrected chi connectivity index (χ0v) is 15.0. The smallest absolute Gasteiger partial charge is 0.229 e. The van der Waals surface area contributed by atoms with Gasteiger partial charge < -0.3 is 0 Å². The van der Waals surface area contributed by atoms with Gasteiger partial charge in [0.25, 0.3) is 0 Å². The number of imide groups is 1. The van der Waals surface area contributed by atoms with Crippen LogP contribution in [-0.4, -0.2) is 72.3 Å². The highest BCUT2D eigenvalue weighted by Gasteiger charge is 2.29. The number of piperazine rings is 1. The Bertz CT molecular complexity index is 618. The van der Waals surface area contributed by atoms with E-state index in [1.54, 1.807) is 0 Å². The summed E-state index contributed by atoms with van der Waals surface area (Å²) < 4.78 is 0. The van der Waals surface area contributed by atoms with E-state index in [0.717, 1.165) is 39.3 Å². The second-order valence-corrected chi connectivity index (χ2v) is 6.96. The standard InChI is InChI=1S/C20H27N3O2/c1-17(15-18-5-3-2-4-6-18)16-22-11-9-21(10-12-22)13-14-23-19(24)7-8-20(23)25/h2-6,15H,7-14,16H2,1H3/b17-15+. The van der Waals surface area contributed by atoms with Crippen LogP contribution in [0.15, 0.2) is 35.9 Å². The molecule has 2 saturated heterocycles. The van der Waals surface area contributed by atoms with E-state index in [4.69, 9.17) is 0 Å². The Morgan fingerprint density at radius 2 is 1.52 bits per heavy atom. The van der Waals surface area contributed by atoms with Crippen LogP contribution < -0.4 is 0 Å². The molecule has 5 nitrogen and oxygen atoms in total. The van der Waals surface area contributed by atoms with Gasteiger partial charge in [-0.05, 0) is 12.5 Å². The fourth-order valence-corrected chi connectivity index (χ4v) is 3.52. The van der Waals surface area contributed by atoms with E-state index in [1.165, 1.54) is 16.0 Å². The number of nitrogens with zero attached hydrogens (tertiary/aromatic N) is 3. The van der Waals surface area contributed by atoms with Crippen molar-refractivity contribution in [3.63, 3.8) is 0 Å². The summed E-state index contributed by atoms with van der Waals surface area (Å²) in [4.78, 5) is 29.6. The summed E-state index contributed by atoms with van der Waals surface area (Å²) in [5.74, 6) is -0.0179. The summed E-state index contributed by atoms with van der Waals surface area (Å²) in [6.07, 6.45) is 3.02. The van der Waals surface area contributed by atoms with Crippen LogP contribution in [0.2, 0.25) is 0 Å². The van der Waals surface area contributed by atoms with Gasteiger partial charge in [-0.3, -0.25) is 24.3 Å². The lowest BCUT2D eigenvalue weighted by molar-refractivity contribution is -0.138. The average Bonchev–Trinajstić information content (AvgIpc) is 2.93. The Kier molecular flexibility index (Phi) is 6.00. The van der Waals surface area contributed by atoms with Gasteiger partial charge >= 0.3 is 0 Å². The van der Waals surface area contributed by atoms with Crippen LogP contribution in [0.4, 0.5) is 0 Å². The Balaban J connectivity index is 1.40. The van der Waals surface area contributed by atoms with Gasteiger partial charge in [-0.2, -0.15) is 0 Å². The number of hydrogen-bond acceptors (Lipinski definition) is 4. The zero-order valence-electron chi connectivity index (χ0n) is 15.0. The third-order valence-electron chi connectivity index (χ3n) is 4.95. The first kappa shape index (κ1) is 17.8. The molecule has 1 aromatic rings. The van der Waals surface area contributed by atoms with Crippen LogP contribution in [0, 0.1) is 0 Å². The lowest BCUT2D eigenvalue weighted by Gasteiger charge is -2.35. The minimum absolute atomic E-state index is 0.00897. The molecule has 25 heavy (non-hydrogen) atoms. The van der Waals surface area contributed by atoms with Crippen molar-refractivity contribution in [3.8, 4) is 0 Å². The van der Waals surface area contributed by atoms with Gasteiger partial charge in [0.2, 0.25) is 11.8 Å². The van der Waals surface area contributed by atoms with Gasteiger partial charge in [-0.25, -0.2) is 0 Å². The molecular weight excluding hydrogens is 314 g/mol. The Morgan fingerprint density at radius 1 is 0.920 bits per heavy atom. The predicted molar refractivity (Wildman–Crippen MR) is 98.9 cm³/mol. The molecule has 0 bridgehead atoms. The third-order valence-corrected chi connectivity index (χ3v) is 4.95. The summed E-state index contributed by atoms with van der Waals surface area (Å²) in [5, 5.41) is 0. The van der Waals surface area contributed by atoms with Gasteiger partial charge in [0.1, 0.15) is 0 Å². The van der Waals surface area contributed by atoms with Crippen LogP contribution in [0.3, 0.4) is 0 Å². The van der Waals surface area contributed by atoms with Crippen molar-refractivity contribution >= 4 is 17.9 Å². The fourth-order valence-electron chi connectivity index (χ4n) is 3.52. The lowest BCUT2D eigenvalue weighted by Crippen LogP contribution is -2.49. The largest absolute Gasteiger partial charge is 0.299 e. The van der Waals surface area contributed by atoms with Crippen LogP contribution in [0.1, 0.15) is 25.3 Å². The second-order valence-electron chi connectivity index (χ2n) is 6.96. The third kappa shape index (κ3) is 5.00. The number of likely N-dealkylation sites (tertiary alicyclic amines) is 1. The van der Waals surface area contributed by atoms with Gasteiger partial charge in [0.05, 0.1) is 0 Å². The maximum Gasteiger partial charge on any atom is 0.229 e. The maximum atomic E-state index is 11.7. The highest BCUT2D eigenvalue weighted by atomic mass is 16.2. The fraction of sp³-hybridized carbons (Fsp3) is 0.500. The first-order valence-corrected chi connectivity index (χ1v) is 9.12. The predicted octanol–water partition coefficient (Wildman–Crippen LogP) is 1.86. The molecule has 0 aromatic heterocycles. The molecule has 5 heteroatoms. The normalized spacial score (nSPS) is 20.5. The van der Waals surface area contributed by atoms with Gasteiger partial charge in [-0.1, -0.05) is 42.0 Å². The average molecular weight is 341 g/mol. The van der Waals surface area contributed by atoms with Crippen molar-refractivity contribution < 1.29 is 9.59 Å². The van der Waals surface area contributed by atoms with Crippen molar-refractivity contribution in [1.29, 1.82) is 0 Å². The van der Waals surface area contributed by atoms with Crippen LogP contribution in [-0.2, 0) is 9.59 Å². The Labute approximate surface area is 149 Å². The van der Waals surface area contributed by atoms with E-state index in [1.807, 2.05) is 6.07 Å². The number of hydrogen-bond donors (Lipinski definition) is 0. The maximum absolute atomic E-state index is 11.7. The Hall–Kier alpha value is -1.98. The van der Waals surface area contributed by atoms with Crippen molar-refractivity contribution in [2.45, 2.75) is 19.8 Å². The molecule has 1 aromatic carbocycles. The molecule has 2 aliphatic rings. The zero-order chi connectivity index (χ0) is 17.6. The quantitative estimate of drug-likeness (QED) is 0.741. The summed E-state index contributed by atoms with van der Waals surface area (Å²) >= 11 is 0. The van der Waals surface area contributed by atoms with E-state index < -0.39 is 0 Å². The number of carbonyl (C=O) groups excluding carboxylic acids is 2. The summed E-state index contributed by atoms with van der Waals surface area (Å²) in [6, 6.07) is 10.4. The van der Waals surface area contributed by atoms with Crippen molar-refractivity contribution in [2.24, 2.45) is 0 Å². The van der Waals surface area contributed by atoms with Crippen molar-refractivity contribution in [2.75, 3.05) is 45.8 Å². The van der Waals surface area contributed by atoms with Crippen LogP contribution in [0.25, 0.3) is 6.08 Å². The summed E-state index contributed by atoms with van der Waals surface area (Å²) in [7, 11) is 0. The molecule has 2 amide bonds. The summed E-state index contributed by atoms with van der Waals surface area (Å²) in [6.45, 7) is 8.57. The Morgan fingerprint density at radius 3 is 2.16 bits per heavy atom. The number of benzene rings is 1. The van der Waals surface area contributed by atoms with Gasteiger partial charge in [0.15, 0.2) is 0 Å². The molecule has 2 aliphatic heterocycles. The van der Waals surface area contributed by atoms with Crippen molar-refractivity contribution in [1.82, 2.24) is 14.7 Å². The van der Waals surface area contributed by atoms with E-state index in [2.05, 4.69) is 47.1 Å². The first-order chi connectivity index (χ1) is 12.1. The first-order valence-electron chi connectivity index (χ1n) is 9.12. The molecular formula is C20H27N3O2. The minimum atomic E-state index is -0.00897. The topological polar surface area (TPSA) is 43.9 Å². The van der Waals surface area contributed by atoms with Crippen LogP contribution >= 0.6 is 0 Å². The number of amides is 2. The molecule has 0 radical (unpaired) electrons. The van der Waals surface area contributed by atoms with E-state index in [0.29, 0.717) is 19.4 Å². The minimum Gasteiger partial charge on any atom is -0.299 e. The molecule has 0 N–H and O–H groups in total. The highest BCUT2D eigenvalue weighted by molar-refractivity contribution is 6.01. The number of rotatable bonds is 6. The molecule has 0 unspecified atom stereocenters. The molecule has 134 valence electrons. The van der Waals surface area contributed by atoms with Gasteiger partial charge in [0, 0.05) is 58.7 Å². The molecule has 3 rings (SSSR count). The van der Waals surface area contributed by atoms with Crippen LogP contribution in [0.5, 0.6) is 0 Å². The van der Waals surface area contributed by atoms with Gasteiger partial charge in [-0.15, -0.1) is 0 Å². The molecule has 0 aliphatic carbocycles. The van der Waals surface area contributed by atoms with E-state index in [-0.39, 0.29) is 11.8 Å². The molecule has 2 fully saturated rings. The monoisotopic (exact) mass is 341 g/mol. The van der Waals surface area contributed by atoms with Crippen molar-refractivity contribution in [3.05, 3.63) is 41.5 Å². The summed E-state index contributed by atoms with van der Waals surface area (Å²) in [5.41, 5.74) is 2.62. The second kappa shape index (κ2) is 8.41. The molecule has 0 saturated carbocycles. The molecule has 0 spiro atoms. The molecule has 0 atom stereocenters.